The van der Waals surface area contributed by atoms with E-state index in [2.05, 4.69) is 10.9 Å². The zero-order valence-electron chi connectivity index (χ0n) is 14.6. The summed E-state index contributed by atoms with van der Waals surface area (Å²) >= 11 is 0.929. The molecular formula is C20H19N3O3S. The number of hydrogen-bond donors (Lipinski definition) is 2. The monoisotopic (exact) mass is 381 g/mol. The van der Waals surface area contributed by atoms with E-state index in [4.69, 9.17) is 0 Å². The Morgan fingerprint density at radius 1 is 1.00 bits per heavy atom. The minimum Gasteiger partial charge on any atom is -0.299 e. The molecule has 0 spiro atoms. The van der Waals surface area contributed by atoms with Crippen molar-refractivity contribution in [3.05, 3.63) is 71.1 Å². The maximum absolute atomic E-state index is 12.4. The van der Waals surface area contributed by atoms with Crippen molar-refractivity contribution in [3.63, 3.8) is 0 Å². The lowest BCUT2D eigenvalue weighted by molar-refractivity contribution is -0.124. The largest absolute Gasteiger partial charge is 0.299 e. The summed E-state index contributed by atoms with van der Waals surface area (Å²) < 4.78 is 0. The van der Waals surface area contributed by atoms with Gasteiger partial charge in [-0.2, -0.15) is 0 Å². The Balaban J connectivity index is 1.46. The molecule has 0 aromatic heterocycles. The van der Waals surface area contributed by atoms with Crippen molar-refractivity contribution in [2.75, 3.05) is 12.0 Å². The molecule has 1 aliphatic rings. The minimum absolute atomic E-state index is 0.203. The fourth-order valence-corrected chi connectivity index (χ4v) is 3.38. The van der Waals surface area contributed by atoms with Crippen LogP contribution in [0.15, 0.2) is 65.6 Å². The molecule has 3 amide bonds. The Morgan fingerprint density at radius 2 is 1.67 bits per heavy atom. The van der Waals surface area contributed by atoms with Gasteiger partial charge in [0, 0.05) is 13.0 Å². The highest BCUT2D eigenvalue weighted by atomic mass is 32.2. The average molecular weight is 381 g/mol. The number of para-hydroxylation sites is 1. The van der Waals surface area contributed by atoms with Crippen molar-refractivity contribution in [1.29, 1.82) is 0 Å². The van der Waals surface area contributed by atoms with Gasteiger partial charge in [0.15, 0.2) is 0 Å². The summed E-state index contributed by atoms with van der Waals surface area (Å²) in [7, 11) is 0. The van der Waals surface area contributed by atoms with Crippen molar-refractivity contribution in [2.45, 2.75) is 12.8 Å². The lowest BCUT2D eigenvalue weighted by atomic mass is 10.2. The third-order valence-electron chi connectivity index (χ3n) is 3.88. The second-order valence-electron chi connectivity index (χ2n) is 5.89. The van der Waals surface area contributed by atoms with Crippen LogP contribution < -0.4 is 10.9 Å². The highest BCUT2D eigenvalue weighted by molar-refractivity contribution is 8.18. The second kappa shape index (κ2) is 9.05. The molecule has 138 valence electrons. The molecule has 1 heterocycles. The van der Waals surface area contributed by atoms with Crippen LogP contribution in [0.4, 0.5) is 10.5 Å². The first-order valence-electron chi connectivity index (χ1n) is 8.54. The van der Waals surface area contributed by atoms with Gasteiger partial charge >= 0.3 is 0 Å². The molecule has 2 N–H and O–H groups in total. The fourth-order valence-electron chi connectivity index (χ4n) is 2.52. The van der Waals surface area contributed by atoms with Gasteiger partial charge in [0.05, 0.1) is 10.6 Å². The number of hydrogen-bond acceptors (Lipinski definition) is 5. The van der Waals surface area contributed by atoms with E-state index in [0.29, 0.717) is 11.3 Å². The van der Waals surface area contributed by atoms with Crippen LogP contribution in [-0.2, 0) is 9.59 Å². The normalized spacial score (nSPS) is 15.3. The number of nitrogens with one attached hydrogen (secondary N) is 2. The topological polar surface area (TPSA) is 78.5 Å². The molecule has 1 saturated heterocycles. The van der Waals surface area contributed by atoms with Crippen LogP contribution in [0.25, 0.3) is 6.08 Å². The highest BCUT2D eigenvalue weighted by Gasteiger charge is 2.34. The highest BCUT2D eigenvalue weighted by Crippen LogP contribution is 2.32. The number of carbonyl (C=O) groups is 3. The molecule has 6 nitrogen and oxygen atoms in total. The van der Waals surface area contributed by atoms with Crippen LogP contribution in [0.3, 0.4) is 0 Å². The third-order valence-corrected chi connectivity index (χ3v) is 4.78. The average Bonchev–Trinajstić information content (AvgIpc) is 2.95. The van der Waals surface area contributed by atoms with Gasteiger partial charge in [0.1, 0.15) is 0 Å². The molecule has 1 aliphatic heterocycles. The van der Waals surface area contributed by atoms with E-state index < -0.39 is 0 Å². The van der Waals surface area contributed by atoms with Crippen molar-refractivity contribution < 1.29 is 14.4 Å². The minimum atomic E-state index is -0.309. The number of anilines is 1. The lowest BCUT2D eigenvalue weighted by Gasteiger charge is -2.12. The summed E-state index contributed by atoms with van der Waals surface area (Å²) in [5.74, 6) is -0.512. The quantitative estimate of drug-likeness (QED) is 0.565. The summed E-state index contributed by atoms with van der Waals surface area (Å²) in [4.78, 5) is 38.0. The first-order valence-corrected chi connectivity index (χ1v) is 9.35. The SMILES string of the molecule is O=C(CCCN1C(=O)SC(=Cc2ccccc2)C1=O)NNc1ccccc1. The molecule has 2 aromatic rings. The van der Waals surface area contributed by atoms with Crippen molar-refractivity contribution in [2.24, 2.45) is 0 Å². The molecule has 2 aromatic carbocycles. The van der Waals surface area contributed by atoms with Gasteiger partial charge in [-0.25, -0.2) is 0 Å². The maximum Gasteiger partial charge on any atom is 0.293 e. The second-order valence-corrected chi connectivity index (χ2v) is 6.88. The molecule has 0 atom stereocenters. The van der Waals surface area contributed by atoms with Gasteiger partial charge in [-0.15, -0.1) is 0 Å². The van der Waals surface area contributed by atoms with Crippen LogP contribution >= 0.6 is 11.8 Å². The van der Waals surface area contributed by atoms with Crippen LogP contribution in [0.2, 0.25) is 0 Å². The van der Waals surface area contributed by atoms with E-state index in [1.54, 1.807) is 6.08 Å². The van der Waals surface area contributed by atoms with Crippen molar-refractivity contribution >= 4 is 40.6 Å². The summed E-state index contributed by atoms with van der Waals surface area (Å²) in [6.45, 7) is 0.218. The lowest BCUT2D eigenvalue weighted by Crippen LogP contribution is -2.32. The van der Waals surface area contributed by atoms with Crippen LogP contribution in [0.1, 0.15) is 18.4 Å². The Kier molecular flexibility index (Phi) is 6.27. The van der Waals surface area contributed by atoms with Gasteiger partial charge in [-0.3, -0.25) is 30.1 Å². The number of nitrogens with zero attached hydrogens (tertiary/aromatic N) is 1. The number of amides is 3. The number of thioether (sulfide) groups is 1. The van der Waals surface area contributed by atoms with E-state index in [1.165, 1.54) is 4.90 Å². The van der Waals surface area contributed by atoms with E-state index in [-0.39, 0.29) is 30.0 Å². The van der Waals surface area contributed by atoms with Crippen LogP contribution in [0, 0.1) is 0 Å². The van der Waals surface area contributed by atoms with Gasteiger partial charge in [-0.1, -0.05) is 48.5 Å². The van der Waals surface area contributed by atoms with Crippen LogP contribution in [-0.4, -0.2) is 28.5 Å². The maximum atomic E-state index is 12.4. The number of imide groups is 1. The van der Waals surface area contributed by atoms with Gasteiger partial charge in [0.2, 0.25) is 5.91 Å². The number of rotatable bonds is 7. The van der Waals surface area contributed by atoms with E-state index in [9.17, 15) is 14.4 Å². The standard InChI is InChI=1S/C20H19N3O3S/c24-18(22-21-16-10-5-2-6-11-16)12-7-13-23-19(25)17(27-20(23)26)14-15-8-3-1-4-9-15/h1-6,8-11,14,21H,7,12-13H2,(H,22,24). The van der Waals surface area contributed by atoms with E-state index >= 15 is 0 Å². The third kappa shape index (κ3) is 5.21. The van der Waals surface area contributed by atoms with Gasteiger partial charge < -0.3 is 0 Å². The first kappa shape index (κ1) is 18.7. The zero-order chi connectivity index (χ0) is 19.1. The Bertz CT molecular complexity index is 853. The van der Waals surface area contributed by atoms with Crippen molar-refractivity contribution in [3.8, 4) is 0 Å². The zero-order valence-corrected chi connectivity index (χ0v) is 15.4. The molecular weight excluding hydrogens is 362 g/mol. The number of benzene rings is 2. The van der Waals surface area contributed by atoms with Gasteiger partial charge in [-0.05, 0) is 42.0 Å². The van der Waals surface area contributed by atoms with E-state index in [0.717, 1.165) is 23.0 Å². The van der Waals surface area contributed by atoms with Crippen LogP contribution in [0.5, 0.6) is 0 Å². The predicted octanol–water partition coefficient (Wildman–Crippen LogP) is 3.65. The fraction of sp³-hybridized carbons (Fsp3) is 0.150. The molecule has 3 rings (SSSR count). The molecule has 0 aliphatic carbocycles. The molecule has 0 bridgehead atoms. The molecule has 7 heteroatoms. The summed E-state index contributed by atoms with van der Waals surface area (Å²) in [5.41, 5.74) is 7.06. The summed E-state index contributed by atoms with van der Waals surface area (Å²) in [6.07, 6.45) is 2.32. The van der Waals surface area contributed by atoms with E-state index in [1.807, 2.05) is 60.7 Å². The Labute approximate surface area is 161 Å². The molecule has 1 fully saturated rings. The Hall–Kier alpha value is -3.06. The summed E-state index contributed by atoms with van der Waals surface area (Å²) in [6, 6.07) is 18.6. The number of hydrazine groups is 1. The molecule has 0 saturated carbocycles. The van der Waals surface area contributed by atoms with Gasteiger partial charge in [0.25, 0.3) is 11.1 Å². The molecule has 0 unspecified atom stereocenters. The Morgan fingerprint density at radius 3 is 2.37 bits per heavy atom. The molecule has 0 radical (unpaired) electrons. The van der Waals surface area contributed by atoms with Crippen molar-refractivity contribution in [1.82, 2.24) is 10.3 Å². The first-order chi connectivity index (χ1) is 13.1. The summed E-state index contributed by atoms with van der Waals surface area (Å²) in [5, 5.41) is -0.301. The smallest absolute Gasteiger partial charge is 0.293 e. The number of carbonyl (C=O) groups excluding carboxylic acids is 3. The molecule has 27 heavy (non-hydrogen) atoms. The predicted molar refractivity (Wildman–Crippen MR) is 107 cm³/mol.